The number of esters is 2. The highest BCUT2D eigenvalue weighted by Gasteiger charge is 2.29. The highest BCUT2D eigenvalue weighted by Crippen LogP contribution is 2.22. The lowest BCUT2D eigenvalue weighted by molar-refractivity contribution is -0.146. The molecular weight excluding hydrogens is 1070 g/mol. The quantitative estimate of drug-likeness (QED) is 0.0259. The number of rotatable bonds is 32. The molecule has 4 heterocycles. The second kappa shape index (κ2) is 34.1. The molecule has 0 aliphatic carbocycles. The number of urea groups is 2. The number of hydrogen-bond acceptors (Lipinski definition) is 22. The molecule has 6 N–H and O–H groups in total. The summed E-state index contributed by atoms with van der Waals surface area (Å²) < 4.78 is 16.2. The fraction of sp³-hybridized carbons (Fsp3) is 0.458. The minimum atomic E-state index is -1.10. The van der Waals surface area contributed by atoms with Crippen LogP contribution in [0.25, 0.3) is 9.69 Å². The van der Waals surface area contributed by atoms with Crippen molar-refractivity contribution in [1.82, 2.24) is 102 Å². The topological polar surface area (TPSA) is 440 Å². The zero-order valence-corrected chi connectivity index (χ0v) is 43.9. The normalized spacial score (nSPS) is 12.0. The third-order valence-electron chi connectivity index (χ3n) is 11.5. The Hall–Kier alpha value is -10.9. The number of benzene rings is 2. The van der Waals surface area contributed by atoms with E-state index in [1.807, 2.05) is 72.8 Å². The summed E-state index contributed by atoms with van der Waals surface area (Å²) in [5.74, 6) is -2.37. The first-order valence-electron chi connectivity index (χ1n) is 25.2. The third-order valence-corrected chi connectivity index (χ3v) is 11.5. The van der Waals surface area contributed by atoms with Gasteiger partial charge >= 0.3 is 35.9 Å². The van der Waals surface area contributed by atoms with Crippen LogP contribution in [0, 0.1) is 35.8 Å². The van der Waals surface area contributed by atoms with E-state index in [1.165, 1.54) is 18.7 Å². The molecule has 0 bridgehead atoms. The molecule has 0 unspecified atom stereocenters. The molecule has 6 aromatic rings. The monoisotopic (exact) mass is 1130 g/mol. The maximum Gasteiger partial charge on any atom is 0.315 e. The summed E-state index contributed by atoms with van der Waals surface area (Å²) in [6.07, 6.45) is -0.456. The lowest BCUT2D eigenvalue weighted by atomic mass is 10.1. The van der Waals surface area contributed by atoms with Gasteiger partial charge < -0.3 is 50.6 Å². The van der Waals surface area contributed by atoms with E-state index in [1.54, 1.807) is 0 Å². The summed E-state index contributed by atoms with van der Waals surface area (Å²) in [4.78, 5) is 80.4. The van der Waals surface area contributed by atoms with Crippen molar-refractivity contribution in [2.45, 2.75) is 128 Å². The summed E-state index contributed by atoms with van der Waals surface area (Å²) in [5.41, 5.74) is 1.66. The van der Waals surface area contributed by atoms with Gasteiger partial charge in [0.2, 0.25) is 13.1 Å². The van der Waals surface area contributed by atoms with Gasteiger partial charge in [0, 0.05) is 25.7 Å². The molecule has 2 aromatic carbocycles. The number of aryl methyl sites for hydroxylation is 2. The van der Waals surface area contributed by atoms with Gasteiger partial charge in [-0.3, -0.25) is 19.2 Å². The molecule has 0 saturated heterocycles. The number of carboxylic acid groups (broad SMARTS) is 2. The van der Waals surface area contributed by atoms with Crippen molar-refractivity contribution in [2.24, 2.45) is 0 Å². The third kappa shape index (κ3) is 21.1. The van der Waals surface area contributed by atoms with E-state index in [0.29, 0.717) is 0 Å². The number of nitriles is 2. The molecule has 34 nitrogen and oxygen atoms in total. The minimum absolute atomic E-state index is 0.0408. The number of aromatic nitrogens is 16. The Morgan fingerprint density at radius 2 is 0.805 bits per heavy atom. The number of carboxylic acids is 2. The van der Waals surface area contributed by atoms with Crippen LogP contribution >= 0.6 is 0 Å². The molecule has 4 atom stereocenters. The van der Waals surface area contributed by atoms with Gasteiger partial charge in [0.15, 0.2) is 23.3 Å². The van der Waals surface area contributed by atoms with Crippen molar-refractivity contribution in [1.29, 1.82) is 10.5 Å². The van der Waals surface area contributed by atoms with Gasteiger partial charge in [-0.05, 0) is 78.5 Å². The van der Waals surface area contributed by atoms with Gasteiger partial charge in [-0.25, -0.2) is 41.5 Å². The van der Waals surface area contributed by atoms with E-state index in [2.05, 4.69) is 93.1 Å². The molecule has 0 spiro atoms. The molecule has 82 heavy (non-hydrogen) atoms. The van der Waals surface area contributed by atoms with E-state index >= 15 is 0 Å². The Kier molecular flexibility index (Phi) is 25.7. The first-order chi connectivity index (χ1) is 39.8. The second-order valence-electron chi connectivity index (χ2n) is 17.3. The summed E-state index contributed by atoms with van der Waals surface area (Å²) >= 11 is 0. The van der Waals surface area contributed by atoms with Crippen molar-refractivity contribution in [3.8, 4) is 12.1 Å². The zero-order chi connectivity index (χ0) is 58.9. The molecule has 34 heteroatoms. The number of nitrogens with zero attached hydrogens (tertiary/aromatic N) is 20. The van der Waals surface area contributed by atoms with E-state index < -0.39 is 60.1 Å². The molecule has 0 aliphatic heterocycles. The van der Waals surface area contributed by atoms with Crippen molar-refractivity contribution in [3.63, 3.8) is 0 Å². The van der Waals surface area contributed by atoms with Crippen molar-refractivity contribution in [2.75, 3.05) is 13.1 Å². The average Bonchev–Trinajstić information content (AvgIpc) is 4.43. The molecule has 0 fully saturated rings. The number of aliphatic carboxylic acids is 2. The van der Waals surface area contributed by atoms with Crippen LogP contribution < -0.4 is 21.3 Å². The Bertz CT molecular complexity index is 2970. The van der Waals surface area contributed by atoms with Crippen LogP contribution in [0.5, 0.6) is 0 Å². The lowest BCUT2D eigenvalue weighted by Gasteiger charge is -2.22. The molecule has 4 aromatic heterocycles. The summed E-state index contributed by atoms with van der Waals surface area (Å²) in [5, 5.41) is 92.5. The molecular formula is C48H56N24O10. The molecule has 4 amide bonds. The van der Waals surface area contributed by atoms with Crippen molar-refractivity contribution < 1.29 is 48.5 Å². The lowest BCUT2D eigenvalue weighted by Crippen LogP contribution is -2.42. The number of hydrogen-bond donors (Lipinski definition) is 6. The number of ether oxygens (including phenoxy) is 2. The Balaban J connectivity index is 0.000000320. The Morgan fingerprint density at radius 3 is 1.10 bits per heavy atom. The summed E-state index contributed by atoms with van der Waals surface area (Å²) in [7, 11) is 0. The van der Waals surface area contributed by atoms with Crippen LogP contribution in [0.3, 0.4) is 0 Å². The van der Waals surface area contributed by atoms with Crippen LogP contribution in [0.2, 0.25) is 0 Å². The fourth-order valence-corrected chi connectivity index (χ4v) is 7.54. The molecule has 0 aliphatic rings. The SMILES string of the molecule is [C-]#[N+]CCn1nnnc1[C@H](CCC(=O)O)NC(=O)N[C@@H](CCC(=O)O)c1nnnn1CCC#N.[C-]#[N+]CCn1nnnc1[C@H](CCC(=O)OCc1ccccc1)NC(=O)N[C@@H](CCC(=O)OCc1ccccc1)c1nnnn1CCC#N. The summed E-state index contributed by atoms with van der Waals surface area (Å²) in [6, 6.07) is 17.4. The van der Waals surface area contributed by atoms with E-state index in [4.69, 9.17) is 43.4 Å². The largest absolute Gasteiger partial charge is 0.481 e. The number of amides is 4. The van der Waals surface area contributed by atoms with E-state index in [0.717, 1.165) is 11.1 Å². The van der Waals surface area contributed by atoms with Gasteiger partial charge in [-0.2, -0.15) is 10.5 Å². The standard InChI is InChI=1S/C31H34N12O5.C17H22N12O5/c1-33-18-20-43-30(37-39-41-43)26(14-16-28(45)48-22-24-11-6-3-7-12-24)35-31(46)34-25(29-36-38-40-42(29)19-8-17-32)13-15-27(44)47-21-23-9-4-2-5-10-23;1-19-8-10-29-16(23-25-27-29)12(4-6-14(32)33)21-17(34)20-11(3-5-13(30)31)15-22-24-26-28(15)9-2-7-18/h2-7,9-12,25-26H,8,13-16,18-22H2,(H2,34,35,46);11-12H,2-6,8-10H2,(H,30,31)(H,32,33)(H2,20,21,34)/t25-,26-;11-,12-/m00/s1. The van der Waals surface area contributed by atoms with Crippen molar-refractivity contribution >= 4 is 35.9 Å². The minimum Gasteiger partial charge on any atom is -0.481 e. The first-order valence-corrected chi connectivity index (χ1v) is 25.2. The van der Waals surface area contributed by atoms with Crippen LogP contribution in [-0.2, 0) is 68.0 Å². The number of carbonyl (C=O) groups is 6. The average molecular weight is 1130 g/mol. The van der Waals surface area contributed by atoms with E-state index in [9.17, 15) is 28.8 Å². The fourth-order valence-electron chi connectivity index (χ4n) is 7.54. The Morgan fingerprint density at radius 1 is 0.500 bits per heavy atom. The number of nitrogens with one attached hydrogen (secondary N) is 4. The molecule has 0 saturated carbocycles. The maximum atomic E-state index is 13.5. The predicted molar refractivity (Wildman–Crippen MR) is 274 cm³/mol. The van der Waals surface area contributed by atoms with Gasteiger partial charge in [-0.1, -0.05) is 60.7 Å². The zero-order valence-electron chi connectivity index (χ0n) is 43.9. The predicted octanol–water partition coefficient (Wildman–Crippen LogP) is 1.93. The van der Waals surface area contributed by atoms with Crippen molar-refractivity contribution in [3.05, 3.63) is 118 Å². The van der Waals surface area contributed by atoms with Crippen LogP contribution in [-0.4, -0.2) is 140 Å². The summed E-state index contributed by atoms with van der Waals surface area (Å²) in [6.45, 7) is 15.0. The van der Waals surface area contributed by atoms with Gasteiger partial charge in [0.05, 0.1) is 62.2 Å². The van der Waals surface area contributed by atoms with Crippen LogP contribution in [0.15, 0.2) is 60.7 Å². The molecule has 6 rings (SSSR count). The Labute approximate surface area is 466 Å². The van der Waals surface area contributed by atoms with Crippen LogP contribution in [0.4, 0.5) is 9.59 Å². The van der Waals surface area contributed by atoms with Crippen LogP contribution in [0.1, 0.15) is 123 Å². The van der Waals surface area contributed by atoms with Gasteiger partial charge in [0.1, 0.15) is 26.3 Å². The molecule has 428 valence electrons. The first kappa shape index (κ1) is 61.9. The van der Waals surface area contributed by atoms with E-state index in [-0.39, 0.29) is 140 Å². The highest BCUT2D eigenvalue weighted by molar-refractivity contribution is 5.76. The number of tetrazole rings is 4. The number of carbonyl (C=O) groups excluding carboxylic acids is 4. The van der Waals surface area contributed by atoms with Gasteiger partial charge in [-0.15, -0.1) is 20.4 Å². The highest BCUT2D eigenvalue weighted by atomic mass is 16.5. The molecule has 0 radical (unpaired) electrons. The smallest absolute Gasteiger partial charge is 0.315 e. The maximum absolute atomic E-state index is 13.5. The van der Waals surface area contributed by atoms with Gasteiger partial charge in [0.25, 0.3) is 0 Å². The second-order valence-corrected chi connectivity index (χ2v) is 17.3.